The second kappa shape index (κ2) is 4.22. The van der Waals surface area contributed by atoms with Crippen molar-refractivity contribution < 1.29 is 19.4 Å². The number of hydrogen-bond acceptors (Lipinski definition) is 3. The molecular formula is C11H11NO4. The summed E-state index contributed by atoms with van der Waals surface area (Å²) in [5.74, 6) is -0.474. The van der Waals surface area contributed by atoms with Crippen LogP contribution >= 0.6 is 0 Å². The summed E-state index contributed by atoms with van der Waals surface area (Å²) in [6.45, 7) is 0.355. The van der Waals surface area contributed by atoms with Gasteiger partial charge in [0.1, 0.15) is 6.61 Å². The second-order valence-corrected chi connectivity index (χ2v) is 3.54. The summed E-state index contributed by atoms with van der Waals surface area (Å²) >= 11 is 0. The van der Waals surface area contributed by atoms with Crippen molar-refractivity contribution in [3.8, 4) is 0 Å². The summed E-state index contributed by atoms with van der Waals surface area (Å²) in [5.41, 5.74) is 0.851. The van der Waals surface area contributed by atoms with Gasteiger partial charge in [-0.1, -0.05) is 30.3 Å². The lowest BCUT2D eigenvalue weighted by Gasteiger charge is -2.33. The number of esters is 1. The highest BCUT2D eigenvalue weighted by atomic mass is 16.6. The molecule has 5 nitrogen and oxygen atoms in total. The van der Waals surface area contributed by atoms with E-state index in [1.54, 1.807) is 0 Å². The Kier molecular flexibility index (Phi) is 2.76. The molecule has 1 aliphatic heterocycles. The predicted molar refractivity (Wildman–Crippen MR) is 54.8 cm³/mol. The first-order valence-corrected chi connectivity index (χ1v) is 4.88. The molecule has 1 aromatic carbocycles. The van der Waals surface area contributed by atoms with Gasteiger partial charge in [0.15, 0.2) is 6.04 Å². The molecule has 1 aromatic rings. The smallest absolute Gasteiger partial charge is 0.408 e. The van der Waals surface area contributed by atoms with Crippen LogP contribution in [0.4, 0.5) is 4.79 Å². The maximum atomic E-state index is 11.0. The van der Waals surface area contributed by atoms with Gasteiger partial charge in [-0.25, -0.2) is 9.59 Å². The summed E-state index contributed by atoms with van der Waals surface area (Å²) in [5, 5.41) is 9.01. The molecule has 2 rings (SSSR count). The molecular weight excluding hydrogens is 210 g/mol. The summed E-state index contributed by atoms with van der Waals surface area (Å²) < 4.78 is 4.57. The van der Waals surface area contributed by atoms with Crippen molar-refractivity contribution in [3.63, 3.8) is 0 Å². The highest BCUT2D eigenvalue weighted by molar-refractivity contribution is 5.84. The molecule has 84 valence electrons. The molecule has 1 amide bonds. The van der Waals surface area contributed by atoms with E-state index in [2.05, 4.69) is 4.74 Å². The normalized spacial score (nSPS) is 18.5. The van der Waals surface area contributed by atoms with E-state index in [4.69, 9.17) is 5.11 Å². The Labute approximate surface area is 92.2 Å². The molecule has 1 N–H and O–H groups in total. The van der Waals surface area contributed by atoms with Crippen molar-refractivity contribution in [1.82, 2.24) is 4.90 Å². The predicted octanol–water partition coefficient (Wildman–Crippen LogP) is 1.09. The molecule has 0 bridgehead atoms. The zero-order valence-electron chi connectivity index (χ0n) is 8.50. The van der Waals surface area contributed by atoms with Crippen LogP contribution in [0.15, 0.2) is 30.3 Å². The van der Waals surface area contributed by atoms with E-state index in [0.717, 1.165) is 10.5 Å². The maximum absolute atomic E-state index is 11.0. The number of hydrogen-bond donors (Lipinski definition) is 1. The maximum Gasteiger partial charge on any atom is 0.408 e. The number of cyclic esters (lactones) is 1. The van der Waals surface area contributed by atoms with Gasteiger partial charge in [0, 0.05) is 0 Å². The first-order valence-electron chi connectivity index (χ1n) is 4.88. The Morgan fingerprint density at radius 2 is 2.12 bits per heavy atom. The molecule has 0 aromatic heterocycles. The fourth-order valence-electron chi connectivity index (χ4n) is 1.53. The topological polar surface area (TPSA) is 66.8 Å². The Balaban J connectivity index is 2.09. The van der Waals surface area contributed by atoms with Gasteiger partial charge in [0.2, 0.25) is 0 Å². The van der Waals surface area contributed by atoms with E-state index in [-0.39, 0.29) is 13.2 Å². The summed E-state index contributed by atoms with van der Waals surface area (Å²) in [6, 6.07) is 8.49. The number of carbonyl (C=O) groups excluding carboxylic acids is 1. The Morgan fingerprint density at radius 1 is 1.44 bits per heavy atom. The summed E-state index contributed by atoms with van der Waals surface area (Å²) in [7, 11) is 0. The average molecular weight is 221 g/mol. The van der Waals surface area contributed by atoms with Crippen molar-refractivity contribution in [3.05, 3.63) is 35.9 Å². The van der Waals surface area contributed by atoms with E-state index < -0.39 is 18.1 Å². The van der Waals surface area contributed by atoms with Crippen molar-refractivity contribution in [1.29, 1.82) is 0 Å². The average Bonchev–Trinajstić information content (AvgIpc) is 2.27. The van der Waals surface area contributed by atoms with Gasteiger partial charge in [0.25, 0.3) is 0 Å². The van der Waals surface area contributed by atoms with E-state index in [1.165, 1.54) is 0 Å². The number of carboxylic acid groups (broad SMARTS) is 1. The van der Waals surface area contributed by atoms with Crippen LogP contribution in [-0.4, -0.2) is 34.7 Å². The number of ether oxygens (including phenoxy) is 1. The first kappa shape index (κ1) is 10.5. The molecule has 0 unspecified atom stereocenters. The number of amides is 1. The van der Waals surface area contributed by atoms with Crippen molar-refractivity contribution >= 4 is 12.1 Å². The zero-order valence-corrected chi connectivity index (χ0v) is 8.50. The van der Waals surface area contributed by atoms with Crippen LogP contribution < -0.4 is 0 Å². The fraction of sp³-hybridized carbons (Fsp3) is 0.273. The van der Waals surface area contributed by atoms with Gasteiger partial charge in [-0.3, -0.25) is 4.90 Å². The third-order valence-corrected chi connectivity index (χ3v) is 2.47. The van der Waals surface area contributed by atoms with Crippen molar-refractivity contribution in [2.45, 2.75) is 12.6 Å². The zero-order chi connectivity index (χ0) is 11.5. The van der Waals surface area contributed by atoms with Crippen LogP contribution in [0.25, 0.3) is 0 Å². The van der Waals surface area contributed by atoms with Gasteiger partial charge < -0.3 is 9.84 Å². The quantitative estimate of drug-likeness (QED) is 0.776. The SMILES string of the molecule is O=C1OC[C@H]1N(Cc1ccccc1)C(=O)O. The largest absolute Gasteiger partial charge is 0.465 e. The highest BCUT2D eigenvalue weighted by Crippen LogP contribution is 2.16. The number of nitrogens with zero attached hydrogens (tertiary/aromatic N) is 1. The number of rotatable bonds is 3. The lowest BCUT2D eigenvalue weighted by molar-refractivity contribution is -0.170. The minimum absolute atomic E-state index is 0.151. The van der Waals surface area contributed by atoms with E-state index in [9.17, 15) is 9.59 Å². The second-order valence-electron chi connectivity index (χ2n) is 3.54. The van der Waals surface area contributed by atoms with Crippen LogP contribution in [0.5, 0.6) is 0 Å². The Bertz CT molecular complexity index is 404. The third kappa shape index (κ3) is 1.98. The van der Waals surface area contributed by atoms with E-state index in [0.29, 0.717) is 0 Å². The molecule has 16 heavy (non-hydrogen) atoms. The van der Waals surface area contributed by atoms with E-state index in [1.807, 2.05) is 30.3 Å². The molecule has 0 spiro atoms. The van der Waals surface area contributed by atoms with Crippen LogP contribution in [0.1, 0.15) is 5.56 Å². The molecule has 0 saturated carbocycles. The lowest BCUT2D eigenvalue weighted by atomic mass is 10.1. The monoisotopic (exact) mass is 221 g/mol. The van der Waals surface area contributed by atoms with Crippen LogP contribution in [-0.2, 0) is 16.1 Å². The van der Waals surface area contributed by atoms with Gasteiger partial charge in [0.05, 0.1) is 6.54 Å². The highest BCUT2D eigenvalue weighted by Gasteiger charge is 2.39. The van der Waals surface area contributed by atoms with E-state index >= 15 is 0 Å². The minimum Gasteiger partial charge on any atom is -0.465 e. The Morgan fingerprint density at radius 3 is 2.56 bits per heavy atom. The molecule has 0 radical (unpaired) electrons. The van der Waals surface area contributed by atoms with Crippen LogP contribution in [0, 0.1) is 0 Å². The molecule has 0 aliphatic carbocycles. The van der Waals surface area contributed by atoms with Crippen LogP contribution in [0.2, 0.25) is 0 Å². The van der Waals surface area contributed by atoms with Gasteiger partial charge >= 0.3 is 12.1 Å². The van der Waals surface area contributed by atoms with Gasteiger partial charge in [-0.2, -0.15) is 0 Å². The molecule has 1 saturated heterocycles. The standard InChI is InChI=1S/C11H11NO4/c13-10-9(7-16-10)12(11(14)15)6-8-4-2-1-3-5-8/h1-5,9H,6-7H2,(H,14,15)/t9-/m1/s1. The molecule has 1 atom stereocenters. The molecule has 1 aliphatic rings. The number of carbonyl (C=O) groups is 2. The van der Waals surface area contributed by atoms with Crippen molar-refractivity contribution in [2.24, 2.45) is 0 Å². The fourth-order valence-corrected chi connectivity index (χ4v) is 1.53. The third-order valence-electron chi connectivity index (χ3n) is 2.47. The summed E-state index contributed by atoms with van der Waals surface area (Å²) in [4.78, 5) is 23.1. The van der Waals surface area contributed by atoms with Gasteiger partial charge in [-0.15, -0.1) is 0 Å². The lowest BCUT2D eigenvalue weighted by Crippen LogP contribution is -2.54. The summed E-state index contributed by atoms with van der Waals surface area (Å²) in [6.07, 6.45) is -1.11. The molecule has 1 fully saturated rings. The van der Waals surface area contributed by atoms with Crippen LogP contribution in [0.3, 0.4) is 0 Å². The van der Waals surface area contributed by atoms with Gasteiger partial charge in [-0.05, 0) is 5.56 Å². The number of benzene rings is 1. The minimum atomic E-state index is -1.11. The Hall–Kier alpha value is -2.04. The molecule has 1 heterocycles. The van der Waals surface area contributed by atoms with Crippen molar-refractivity contribution in [2.75, 3.05) is 6.61 Å². The molecule has 5 heteroatoms. The first-order chi connectivity index (χ1) is 7.68.